The maximum Gasteiger partial charge on any atom is 0.249 e. The van der Waals surface area contributed by atoms with Gasteiger partial charge in [0.1, 0.15) is 6.04 Å². The van der Waals surface area contributed by atoms with Crippen LogP contribution in [-0.2, 0) is 11.3 Å². The highest BCUT2D eigenvalue weighted by Gasteiger charge is 2.21. The molecule has 1 aromatic carbocycles. The summed E-state index contributed by atoms with van der Waals surface area (Å²) in [6.45, 7) is 7.69. The molecule has 1 N–H and O–H groups in total. The lowest BCUT2D eigenvalue weighted by Gasteiger charge is -2.13. The third-order valence-electron chi connectivity index (χ3n) is 4.63. The van der Waals surface area contributed by atoms with Crippen LogP contribution in [0.5, 0.6) is 0 Å². The fourth-order valence-electron chi connectivity index (χ4n) is 2.87. The van der Waals surface area contributed by atoms with E-state index < -0.39 is 6.04 Å². The fraction of sp³-hybridized carbons (Fsp3) is 0.316. The molecule has 0 aliphatic carbocycles. The van der Waals surface area contributed by atoms with Gasteiger partial charge in [0.25, 0.3) is 0 Å². The Balaban J connectivity index is 1.83. The Morgan fingerprint density at radius 2 is 1.71 bits per heavy atom. The maximum atomic E-state index is 12.7. The molecule has 0 saturated carbocycles. The monoisotopic (exact) mass is 439 g/mol. The van der Waals surface area contributed by atoms with Crippen LogP contribution >= 0.6 is 34.8 Å². The Kier molecular flexibility index (Phi) is 6.03. The van der Waals surface area contributed by atoms with Crippen molar-refractivity contribution in [2.24, 2.45) is 0 Å². The lowest BCUT2D eigenvalue weighted by Crippen LogP contribution is -2.24. The summed E-state index contributed by atoms with van der Waals surface area (Å²) in [7, 11) is 0. The minimum Gasteiger partial charge on any atom is -0.321 e. The Bertz CT molecular complexity index is 1000. The van der Waals surface area contributed by atoms with E-state index in [0.29, 0.717) is 38.7 Å². The van der Waals surface area contributed by atoms with Gasteiger partial charge in [-0.05, 0) is 39.8 Å². The molecular weight excluding hydrogens is 421 g/mol. The Morgan fingerprint density at radius 1 is 1.07 bits per heavy atom. The van der Waals surface area contributed by atoms with Gasteiger partial charge in [0, 0.05) is 21.8 Å². The van der Waals surface area contributed by atoms with E-state index in [2.05, 4.69) is 15.5 Å². The van der Waals surface area contributed by atoms with Crippen molar-refractivity contribution in [1.82, 2.24) is 19.6 Å². The lowest BCUT2D eigenvalue weighted by atomic mass is 10.2. The van der Waals surface area contributed by atoms with Crippen molar-refractivity contribution in [3.63, 3.8) is 0 Å². The number of halogens is 3. The number of carbonyl (C=O) groups excluding carboxylic acids is 1. The molecule has 1 atom stereocenters. The average molecular weight is 441 g/mol. The minimum absolute atomic E-state index is 0.208. The summed E-state index contributed by atoms with van der Waals surface area (Å²) in [5.41, 5.74) is 3.64. The quantitative estimate of drug-likeness (QED) is 0.592. The molecule has 3 rings (SSSR count). The number of amides is 1. The molecular formula is C19H20Cl3N5O. The molecule has 1 unspecified atom stereocenters. The predicted molar refractivity (Wildman–Crippen MR) is 113 cm³/mol. The summed E-state index contributed by atoms with van der Waals surface area (Å²) >= 11 is 18.6. The second kappa shape index (κ2) is 8.15. The zero-order valence-corrected chi connectivity index (χ0v) is 18.2. The zero-order chi connectivity index (χ0) is 20.6. The van der Waals surface area contributed by atoms with Crippen molar-refractivity contribution in [2.75, 3.05) is 5.32 Å². The second-order valence-corrected chi connectivity index (χ2v) is 7.83. The first-order valence-electron chi connectivity index (χ1n) is 8.68. The summed E-state index contributed by atoms with van der Waals surface area (Å²) in [6.07, 6.45) is 1.64. The SMILES string of the molecule is Cc1nn(C(C)C(=O)Nc2c(C)nn(Cc3c(Cl)cccc3Cl)c2C)cc1Cl. The van der Waals surface area contributed by atoms with Crippen LogP contribution in [0.2, 0.25) is 15.1 Å². The summed E-state index contributed by atoms with van der Waals surface area (Å²) < 4.78 is 3.32. The Labute approximate surface area is 178 Å². The molecule has 0 fully saturated rings. The van der Waals surface area contributed by atoms with Crippen LogP contribution in [0.4, 0.5) is 5.69 Å². The number of benzene rings is 1. The molecule has 6 nitrogen and oxygen atoms in total. The van der Waals surface area contributed by atoms with Gasteiger partial charge in [-0.3, -0.25) is 14.2 Å². The first kappa shape index (κ1) is 20.7. The van der Waals surface area contributed by atoms with Crippen LogP contribution in [0.25, 0.3) is 0 Å². The second-order valence-electron chi connectivity index (χ2n) is 6.61. The molecule has 2 aromatic heterocycles. The molecule has 1 amide bonds. The van der Waals surface area contributed by atoms with Gasteiger partial charge in [0.2, 0.25) is 5.91 Å². The van der Waals surface area contributed by atoms with Crippen molar-refractivity contribution in [2.45, 2.75) is 40.3 Å². The molecule has 148 valence electrons. The average Bonchev–Trinajstić information content (AvgIpc) is 3.11. The van der Waals surface area contributed by atoms with Crippen molar-refractivity contribution in [3.05, 3.63) is 62.1 Å². The largest absolute Gasteiger partial charge is 0.321 e. The molecule has 28 heavy (non-hydrogen) atoms. The van der Waals surface area contributed by atoms with Gasteiger partial charge in [0.05, 0.1) is 34.3 Å². The fourth-order valence-corrected chi connectivity index (χ4v) is 3.53. The van der Waals surface area contributed by atoms with E-state index in [1.807, 2.05) is 13.8 Å². The van der Waals surface area contributed by atoms with Gasteiger partial charge >= 0.3 is 0 Å². The molecule has 2 heterocycles. The van der Waals surface area contributed by atoms with Gasteiger partial charge in [-0.1, -0.05) is 40.9 Å². The first-order valence-corrected chi connectivity index (χ1v) is 9.81. The van der Waals surface area contributed by atoms with E-state index in [0.717, 1.165) is 11.3 Å². The summed E-state index contributed by atoms with van der Waals surface area (Å²) in [5.74, 6) is -0.208. The standard InChI is InChI=1S/C19H20Cl3N5O/c1-10-17(22)9-27(24-10)13(4)19(28)23-18-11(2)25-26(12(18)3)8-14-15(20)6-5-7-16(14)21/h5-7,9,13H,8H2,1-4H3,(H,23,28). The van der Waals surface area contributed by atoms with Crippen LogP contribution in [0.1, 0.15) is 35.6 Å². The third-order valence-corrected chi connectivity index (χ3v) is 5.71. The molecule has 0 radical (unpaired) electrons. The van der Waals surface area contributed by atoms with E-state index >= 15 is 0 Å². The van der Waals surface area contributed by atoms with E-state index in [9.17, 15) is 4.79 Å². The van der Waals surface area contributed by atoms with Crippen LogP contribution in [-0.4, -0.2) is 25.5 Å². The van der Waals surface area contributed by atoms with E-state index in [-0.39, 0.29) is 5.91 Å². The van der Waals surface area contributed by atoms with Crippen LogP contribution in [0, 0.1) is 20.8 Å². The number of hydrogen-bond acceptors (Lipinski definition) is 3. The van der Waals surface area contributed by atoms with E-state index in [1.54, 1.807) is 47.6 Å². The zero-order valence-electron chi connectivity index (χ0n) is 15.9. The van der Waals surface area contributed by atoms with Crippen molar-refractivity contribution in [3.8, 4) is 0 Å². The Hall–Kier alpha value is -2.02. The molecule has 9 heteroatoms. The van der Waals surface area contributed by atoms with Gasteiger partial charge < -0.3 is 5.32 Å². The highest BCUT2D eigenvalue weighted by molar-refractivity contribution is 6.36. The topological polar surface area (TPSA) is 64.7 Å². The summed E-state index contributed by atoms with van der Waals surface area (Å²) in [5, 5.41) is 13.4. The molecule has 0 aliphatic heterocycles. The number of carbonyl (C=O) groups is 1. The van der Waals surface area contributed by atoms with Crippen LogP contribution < -0.4 is 5.32 Å². The predicted octanol–water partition coefficient (Wildman–Crippen LogP) is 5.21. The Morgan fingerprint density at radius 3 is 2.29 bits per heavy atom. The summed E-state index contributed by atoms with van der Waals surface area (Å²) in [4.78, 5) is 12.7. The summed E-state index contributed by atoms with van der Waals surface area (Å²) in [6, 6.07) is 4.85. The highest BCUT2D eigenvalue weighted by Crippen LogP contribution is 2.28. The number of aromatic nitrogens is 4. The number of anilines is 1. The van der Waals surface area contributed by atoms with E-state index in [1.165, 1.54) is 0 Å². The molecule has 0 aliphatic rings. The molecule has 0 bridgehead atoms. The van der Waals surface area contributed by atoms with Crippen LogP contribution in [0.3, 0.4) is 0 Å². The number of aryl methyl sites for hydroxylation is 2. The maximum absolute atomic E-state index is 12.7. The molecule has 0 spiro atoms. The van der Waals surface area contributed by atoms with Gasteiger partial charge in [-0.25, -0.2) is 0 Å². The van der Waals surface area contributed by atoms with Gasteiger partial charge in [-0.15, -0.1) is 0 Å². The van der Waals surface area contributed by atoms with Crippen molar-refractivity contribution >= 4 is 46.4 Å². The normalized spacial score (nSPS) is 12.2. The first-order chi connectivity index (χ1) is 13.2. The minimum atomic E-state index is -0.522. The molecule has 3 aromatic rings. The van der Waals surface area contributed by atoms with Crippen LogP contribution in [0.15, 0.2) is 24.4 Å². The van der Waals surface area contributed by atoms with E-state index in [4.69, 9.17) is 34.8 Å². The number of nitrogens with zero attached hydrogens (tertiary/aromatic N) is 4. The number of nitrogens with one attached hydrogen (secondary N) is 1. The highest BCUT2D eigenvalue weighted by atomic mass is 35.5. The van der Waals surface area contributed by atoms with Crippen molar-refractivity contribution < 1.29 is 4.79 Å². The van der Waals surface area contributed by atoms with Gasteiger partial charge in [0.15, 0.2) is 0 Å². The third kappa shape index (κ3) is 4.04. The smallest absolute Gasteiger partial charge is 0.249 e. The van der Waals surface area contributed by atoms with Gasteiger partial charge in [-0.2, -0.15) is 10.2 Å². The number of rotatable bonds is 5. The van der Waals surface area contributed by atoms with Crippen molar-refractivity contribution in [1.29, 1.82) is 0 Å². The number of hydrogen-bond donors (Lipinski definition) is 1. The lowest BCUT2D eigenvalue weighted by molar-refractivity contribution is -0.119. The molecule has 0 saturated heterocycles.